The van der Waals surface area contributed by atoms with Crippen LogP contribution < -0.4 is 16.0 Å². The molecule has 1 unspecified atom stereocenters. The first kappa shape index (κ1) is 16.2. The lowest BCUT2D eigenvalue weighted by molar-refractivity contribution is -0.121. The predicted octanol–water partition coefficient (Wildman–Crippen LogP) is 0.487. The van der Waals surface area contributed by atoms with E-state index >= 15 is 0 Å². The van der Waals surface area contributed by atoms with Crippen LogP contribution in [0.4, 0.5) is 4.79 Å². The minimum atomic E-state index is -0.453. The fourth-order valence-corrected chi connectivity index (χ4v) is 1.67. The van der Waals surface area contributed by atoms with Crippen LogP contribution in [0.15, 0.2) is 18.7 Å². The fraction of sp³-hybridized carbons (Fsp3) is 0.615. The molecule has 3 amide bonds. The monoisotopic (exact) mass is 281 g/mol. The SMILES string of the molecule is CCNC(=O)NC(=O)C(C)NCCCCn1ccnc1. The predicted molar refractivity (Wildman–Crippen MR) is 76.1 cm³/mol. The van der Waals surface area contributed by atoms with Gasteiger partial charge in [-0.3, -0.25) is 10.1 Å². The second kappa shape index (κ2) is 9.08. The molecule has 7 heteroatoms. The first-order chi connectivity index (χ1) is 9.63. The summed E-state index contributed by atoms with van der Waals surface area (Å²) in [5.74, 6) is -0.314. The van der Waals surface area contributed by atoms with Crippen molar-refractivity contribution in [3.05, 3.63) is 18.7 Å². The van der Waals surface area contributed by atoms with E-state index in [9.17, 15) is 9.59 Å². The Labute approximate surface area is 119 Å². The smallest absolute Gasteiger partial charge is 0.321 e. The summed E-state index contributed by atoms with van der Waals surface area (Å²) in [4.78, 5) is 26.8. The summed E-state index contributed by atoms with van der Waals surface area (Å²) >= 11 is 0. The van der Waals surface area contributed by atoms with Crippen molar-refractivity contribution in [3.63, 3.8) is 0 Å². The number of imidazole rings is 1. The Hall–Kier alpha value is -1.89. The van der Waals surface area contributed by atoms with Crippen LogP contribution in [-0.4, -0.2) is 40.6 Å². The third-order valence-electron chi connectivity index (χ3n) is 2.82. The van der Waals surface area contributed by atoms with Crippen LogP contribution in [0.5, 0.6) is 0 Å². The number of carbonyl (C=O) groups is 2. The zero-order chi connectivity index (χ0) is 14.8. The highest BCUT2D eigenvalue weighted by molar-refractivity contribution is 5.96. The molecule has 0 radical (unpaired) electrons. The van der Waals surface area contributed by atoms with Gasteiger partial charge in [0.25, 0.3) is 0 Å². The van der Waals surface area contributed by atoms with Gasteiger partial charge in [0, 0.05) is 25.5 Å². The van der Waals surface area contributed by atoms with E-state index in [1.165, 1.54) is 0 Å². The highest BCUT2D eigenvalue weighted by Gasteiger charge is 2.14. The van der Waals surface area contributed by atoms with Crippen LogP contribution in [0.2, 0.25) is 0 Å². The van der Waals surface area contributed by atoms with E-state index in [1.54, 1.807) is 26.4 Å². The first-order valence-electron chi connectivity index (χ1n) is 6.91. The molecular weight excluding hydrogens is 258 g/mol. The average Bonchev–Trinajstić information content (AvgIpc) is 2.91. The van der Waals surface area contributed by atoms with Crippen LogP contribution in [0.3, 0.4) is 0 Å². The topological polar surface area (TPSA) is 88.0 Å². The van der Waals surface area contributed by atoms with Crippen molar-refractivity contribution in [2.24, 2.45) is 0 Å². The number of aryl methyl sites for hydroxylation is 1. The van der Waals surface area contributed by atoms with E-state index in [2.05, 4.69) is 20.9 Å². The summed E-state index contributed by atoms with van der Waals surface area (Å²) < 4.78 is 2.02. The lowest BCUT2D eigenvalue weighted by Crippen LogP contribution is -2.48. The molecule has 0 fully saturated rings. The van der Waals surface area contributed by atoms with Crippen molar-refractivity contribution in [1.29, 1.82) is 0 Å². The molecule has 0 aliphatic heterocycles. The number of nitrogens with one attached hydrogen (secondary N) is 3. The maximum Gasteiger partial charge on any atom is 0.321 e. The Kier molecular flexibility index (Phi) is 7.34. The summed E-state index contributed by atoms with van der Waals surface area (Å²) in [6, 6.07) is -0.836. The van der Waals surface area contributed by atoms with E-state index in [0.717, 1.165) is 25.9 Å². The Morgan fingerprint density at radius 3 is 2.80 bits per heavy atom. The Bertz CT molecular complexity index is 405. The maximum atomic E-state index is 11.6. The van der Waals surface area contributed by atoms with Crippen molar-refractivity contribution >= 4 is 11.9 Å². The molecule has 1 atom stereocenters. The number of hydrogen-bond acceptors (Lipinski definition) is 4. The third kappa shape index (κ3) is 6.33. The second-order valence-electron chi connectivity index (χ2n) is 4.53. The number of hydrogen-bond donors (Lipinski definition) is 3. The summed E-state index contributed by atoms with van der Waals surface area (Å²) in [6.45, 7) is 5.69. The van der Waals surface area contributed by atoms with Crippen LogP contribution in [0.25, 0.3) is 0 Å². The summed E-state index contributed by atoms with van der Waals surface area (Å²) in [7, 11) is 0. The van der Waals surface area contributed by atoms with E-state index in [4.69, 9.17) is 0 Å². The van der Waals surface area contributed by atoms with Crippen molar-refractivity contribution in [2.75, 3.05) is 13.1 Å². The van der Waals surface area contributed by atoms with Gasteiger partial charge in [0.05, 0.1) is 12.4 Å². The first-order valence-corrected chi connectivity index (χ1v) is 6.91. The Balaban J connectivity index is 2.08. The fourth-order valence-electron chi connectivity index (χ4n) is 1.67. The summed E-state index contributed by atoms with van der Waals surface area (Å²) in [5, 5.41) is 7.89. The highest BCUT2D eigenvalue weighted by atomic mass is 16.2. The number of nitrogens with zero attached hydrogens (tertiary/aromatic N) is 2. The maximum absolute atomic E-state index is 11.6. The molecule has 7 nitrogen and oxygen atoms in total. The molecule has 1 aromatic heterocycles. The average molecular weight is 281 g/mol. The van der Waals surface area contributed by atoms with Gasteiger partial charge in [-0.1, -0.05) is 0 Å². The van der Waals surface area contributed by atoms with Crippen LogP contribution in [-0.2, 0) is 11.3 Å². The molecule has 1 rings (SSSR count). The minimum absolute atomic E-state index is 0.314. The summed E-state index contributed by atoms with van der Waals surface area (Å²) in [6.07, 6.45) is 7.43. The molecule has 1 aromatic rings. The normalized spacial score (nSPS) is 11.9. The molecule has 0 spiro atoms. The van der Waals surface area contributed by atoms with Gasteiger partial charge in [0.2, 0.25) is 5.91 Å². The standard InChI is InChI=1S/C13H23N5O2/c1-3-15-13(20)17-12(19)11(2)16-6-4-5-8-18-9-7-14-10-18/h7,9-11,16H,3-6,8H2,1-2H3,(H2,15,17,19,20). The lowest BCUT2D eigenvalue weighted by atomic mass is 10.2. The molecule has 0 aromatic carbocycles. The molecule has 0 saturated heterocycles. The molecule has 0 saturated carbocycles. The highest BCUT2D eigenvalue weighted by Crippen LogP contribution is 1.94. The number of imide groups is 1. The van der Waals surface area contributed by atoms with Crippen molar-refractivity contribution in [3.8, 4) is 0 Å². The number of aromatic nitrogens is 2. The number of rotatable bonds is 8. The molecule has 3 N–H and O–H groups in total. The van der Waals surface area contributed by atoms with Gasteiger partial charge in [-0.05, 0) is 33.2 Å². The molecule has 20 heavy (non-hydrogen) atoms. The molecule has 0 aliphatic carbocycles. The van der Waals surface area contributed by atoms with Crippen molar-refractivity contribution in [2.45, 2.75) is 39.3 Å². The number of unbranched alkanes of at least 4 members (excludes halogenated alkanes) is 1. The van der Waals surface area contributed by atoms with Gasteiger partial charge in [-0.25, -0.2) is 9.78 Å². The lowest BCUT2D eigenvalue weighted by Gasteiger charge is -2.13. The zero-order valence-electron chi connectivity index (χ0n) is 12.1. The van der Waals surface area contributed by atoms with Crippen molar-refractivity contribution in [1.82, 2.24) is 25.5 Å². The second-order valence-corrected chi connectivity index (χ2v) is 4.53. The largest absolute Gasteiger partial charge is 0.338 e. The number of carbonyl (C=O) groups excluding carboxylic acids is 2. The Morgan fingerprint density at radius 1 is 1.35 bits per heavy atom. The van der Waals surface area contributed by atoms with E-state index in [-0.39, 0.29) is 11.9 Å². The van der Waals surface area contributed by atoms with Crippen LogP contribution >= 0.6 is 0 Å². The van der Waals surface area contributed by atoms with Crippen molar-refractivity contribution < 1.29 is 9.59 Å². The van der Waals surface area contributed by atoms with Crippen LogP contribution in [0, 0.1) is 0 Å². The van der Waals surface area contributed by atoms with E-state index < -0.39 is 6.03 Å². The number of urea groups is 1. The molecule has 0 aliphatic rings. The zero-order valence-corrected chi connectivity index (χ0v) is 12.1. The van der Waals surface area contributed by atoms with Gasteiger partial charge < -0.3 is 15.2 Å². The number of amides is 3. The quantitative estimate of drug-likeness (QED) is 0.605. The van der Waals surface area contributed by atoms with Gasteiger partial charge in [-0.15, -0.1) is 0 Å². The summed E-state index contributed by atoms with van der Waals surface area (Å²) in [5.41, 5.74) is 0. The molecular formula is C13H23N5O2. The van der Waals surface area contributed by atoms with E-state index in [0.29, 0.717) is 6.54 Å². The van der Waals surface area contributed by atoms with E-state index in [1.807, 2.05) is 10.8 Å². The van der Waals surface area contributed by atoms with Gasteiger partial charge >= 0.3 is 6.03 Å². The molecule has 0 bridgehead atoms. The van der Waals surface area contributed by atoms with Gasteiger partial charge in [-0.2, -0.15) is 0 Å². The minimum Gasteiger partial charge on any atom is -0.338 e. The van der Waals surface area contributed by atoms with Gasteiger partial charge in [0.1, 0.15) is 0 Å². The Morgan fingerprint density at radius 2 is 2.15 bits per heavy atom. The molecule has 1 heterocycles. The van der Waals surface area contributed by atoms with Crippen LogP contribution in [0.1, 0.15) is 26.7 Å². The third-order valence-corrected chi connectivity index (χ3v) is 2.82. The molecule has 112 valence electrons. The van der Waals surface area contributed by atoms with Gasteiger partial charge in [0.15, 0.2) is 0 Å².